The first kappa shape index (κ1) is 22.5. The highest BCUT2D eigenvalue weighted by Gasteiger charge is 2.36. The van der Waals surface area contributed by atoms with Crippen molar-refractivity contribution in [1.29, 1.82) is 0 Å². The number of hydrogen-bond acceptors (Lipinski definition) is 5. The summed E-state index contributed by atoms with van der Waals surface area (Å²) in [6, 6.07) is 6.35. The van der Waals surface area contributed by atoms with Crippen molar-refractivity contribution < 1.29 is 22.7 Å². The van der Waals surface area contributed by atoms with Crippen molar-refractivity contribution in [2.24, 2.45) is 5.92 Å². The summed E-state index contributed by atoms with van der Waals surface area (Å²) < 4.78 is 32.9. The van der Waals surface area contributed by atoms with Gasteiger partial charge in [0.1, 0.15) is 0 Å². The maximum atomic E-state index is 13.1. The van der Waals surface area contributed by atoms with E-state index in [1.807, 2.05) is 6.92 Å². The molecule has 3 rings (SSSR count). The Morgan fingerprint density at radius 1 is 1.23 bits per heavy atom. The number of piperidine rings is 1. The van der Waals surface area contributed by atoms with Gasteiger partial charge in [-0.3, -0.25) is 9.59 Å². The van der Waals surface area contributed by atoms with Crippen LogP contribution in [0, 0.1) is 5.92 Å². The minimum absolute atomic E-state index is 0.112. The Bertz CT molecular complexity index is 901. The average molecular weight is 436 g/mol. The number of rotatable bonds is 6. The maximum absolute atomic E-state index is 13.1. The smallest absolute Gasteiger partial charge is 0.243 e. The van der Waals surface area contributed by atoms with Crippen LogP contribution in [0.15, 0.2) is 41.8 Å². The molecule has 2 aliphatic heterocycles. The van der Waals surface area contributed by atoms with E-state index in [0.717, 1.165) is 0 Å². The second kappa shape index (κ2) is 9.28. The van der Waals surface area contributed by atoms with Gasteiger partial charge in [0.25, 0.3) is 0 Å². The molecule has 2 saturated heterocycles. The van der Waals surface area contributed by atoms with Gasteiger partial charge in [-0.25, -0.2) is 8.42 Å². The number of hydrogen-bond donors (Lipinski definition) is 2. The van der Waals surface area contributed by atoms with Crippen LogP contribution in [0.25, 0.3) is 0 Å². The van der Waals surface area contributed by atoms with E-state index in [9.17, 15) is 18.0 Å². The second-order valence-corrected chi connectivity index (χ2v) is 10.00. The fraction of sp³-hybridized carbons (Fsp3) is 0.524. The number of carbonyl (C=O) groups excluding carboxylic acids is 2. The van der Waals surface area contributed by atoms with Crippen molar-refractivity contribution >= 4 is 27.5 Å². The molecule has 0 aromatic heterocycles. The molecule has 1 aromatic rings. The van der Waals surface area contributed by atoms with Crippen LogP contribution in [0.4, 0.5) is 5.69 Å². The summed E-state index contributed by atoms with van der Waals surface area (Å²) >= 11 is 0. The van der Waals surface area contributed by atoms with Gasteiger partial charge < -0.3 is 15.4 Å². The van der Waals surface area contributed by atoms with Gasteiger partial charge in [-0.05, 0) is 56.9 Å². The standard InChI is InChI=1S/C21H29N3O5S/c1-3-19(25)23-21(2)9-11-24(12-10-21)30(27,28)18-6-4-5-17(15-18)22-20(26)16-7-13-29-14-8-16/h3-6,15-16H,1,7-14H2,2H3,(H,22,26)(H,23,25). The number of carbonyl (C=O) groups is 2. The molecule has 0 atom stereocenters. The lowest BCUT2D eigenvalue weighted by molar-refractivity contribution is -0.122. The molecule has 0 aliphatic carbocycles. The Labute approximate surface area is 177 Å². The molecule has 2 heterocycles. The first-order valence-corrected chi connectivity index (χ1v) is 11.6. The van der Waals surface area contributed by atoms with Crippen molar-refractivity contribution in [3.63, 3.8) is 0 Å². The van der Waals surface area contributed by atoms with E-state index in [-0.39, 0.29) is 22.6 Å². The lowest BCUT2D eigenvalue weighted by Gasteiger charge is -2.39. The third-order valence-electron chi connectivity index (χ3n) is 5.77. The molecule has 30 heavy (non-hydrogen) atoms. The fourth-order valence-electron chi connectivity index (χ4n) is 3.78. The van der Waals surface area contributed by atoms with Gasteiger partial charge in [0.05, 0.1) is 4.90 Å². The predicted octanol–water partition coefficient (Wildman–Crippen LogP) is 1.90. The number of amides is 2. The zero-order valence-electron chi connectivity index (χ0n) is 17.2. The zero-order valence-corrected chi connectivity index (χ0v) is 18.0. The van der Waals surface area contributed by atoms with Crippen LogP contribution in [0.1, 0.15) is 32.6 Å². The molecule has 2 aliphatic rings. The van der Waals surface area contributed by atoms with Crippen molar-refractivity contribution in [2.75, 3.05) is 31.6 Å². The van der Waals surface area contributed by atoms with Crippen LogP contribution in [0.3, 0.4) is 0 Å². The molecule has 9 heteroatoms. The largest absolute Gasteiger partial charge is 0.381 e. The van der Waals surface area contributed by atoms with E-state index < -0.39 is 15.6 Å². The third kappa shape index (κ3) is 5.27. The molecule has 0 unspecified atom stereocenters. The van der Waals surface area contributed by atoms with E-state index in [4.69, 9.17) is 4.74 Å². The first-order chi connectivity index (χ1) is 14.2. The SMILES string of the molecule is C=CC(=O)NC1(C)CCN(S(=O)(=O)c2cccc(NC(=O)C3CCOCC3)c2)CC1. The second-order valence-electron chi connectivity index (χ2n) is 8.06. The number of ether oxygens (including phenoxy) is 1. The minimum Gasteiger partial charge on any atom is -0.381 e. The van der Waals surface area contributed by atoms with E-state index >= 15 is 0 Å². The molecule has 0 saturated carbocycles. The van der Waals surface area contributed by atoms with Gasteiger partial charge >= 0.3 is 0 Å². The molecule has 2 N–H and O–H groups in total. The van der Waals surface area contributed by atoms with Crippen molar-refractivity contribution in [3.05, 3.63) is 36.9 Å². The summed E-state index contributed by atoms with van der Waals surface area (Å²) in [4.78, 5) is 24.2. The van der Waals surface area contributed by atoms with E-state index in [2.05, 4.69) is 17.2 Å². The Kier molecular flexibility index (Phi) is 6.95. The quantitative estimate of drug-likeness (QED) is 0.664. The van der Waals surface area contributed by atoms with Crippen molar-refractivity contribution in [3.8, 4) is 0 Å². The summed E-state index contributed by atoms with van der Waals surface area (Å²) in [6.45, 7) is 7.09. The van der Waals surface area contributed by atoms with Crippen LogP contribution in [-0.2, 0) is 24.3 Å². The number of benzene rings is 1. The Morgan fingerprint density at radius 2 is 1.90 bits per heavy atom. The Balaban J connectivity index is 1.66. The van der Waals surface area contributed by atoms with Gasteiger partial charge in [0, 0.05) is 43.4 Å². The molecule has 2 amide bonds. The minimum atomic E-state index is -3.70. The van der Waals surface area contributed by atoms with Crippen LogP contribution >= 0.6 is 0 Å². The van der Waals surface area contributed by atoms with E-state index in [0.29, 0.717) is 57.7 Å². The predicted molar refractivity (Wildman–Crippen MR) is 113 cm³/mol. The molecule has 0 bridgehead atoms. The van der Waals surface area contributed by atoms with Crippen molar-refractivity contribution in [1.82, 2.24) is 9.62 Å². The Hall–Kier alpha value is -2.23. The van der Waals surface area contributed by atoms with Crippen LogP contribution in [0.2, 0.25) is 0 Å². The lowest BCUT2D eigenvalue weighted by atomic mass is 9.90. The number of sulfonamides is 1. The molecular formula is C21H29N3O5S. The summed E-state index contributed by atoms with van der Waals surface area (Å²) in [5, 5.41) is 5.72. The lowest BCUT2D eigenvalue weighted by Crippen LogP contribution is -2.53. The summed E-state index contributed by atoms with van der Waals surface area (Å²) in [6.07, 6.45) is 3.56. The van der Waals surface area contributed by atoms with Gasteiger partial charge in [-0.15, -0.1) is 0 Å². The summed E-state index contributed by atoms with van der Waals surface area (Å²) in [5.41, 5.74) is 0.00395. The third-order valence-corrected chi connectivity index (χ3v) is 7.66. The molecule has 0 spiro atoms. The van der Waals surface area contributed by atoms with Crippen LogP contribution in [0.5, 0.6) is 0 Å². The van der Waals surface area contributed by atoms with Crippen LogP contribution < -0.4 is 10.6 Å². The maximum Gasteiger partial charge on any atom is 0.243 e. The molecule has 0 radical (unpaired) electrons. The van der Waals surface area contributed by atoms with E-state index in [1.165, 1.54) is 22.5 Å². The molecule has 2 fully saturated rings. The highest BCUT2D eigenvalue weighted by atomic mass is 32.2. The molecular weight excluding hydrogens is 406 g/mol. The van der Waals surface area contributed by atoms with Gasteiger partial charge in [0.2, 0.25) is 21.8 Å². The van der Waals surface area contributed by atoms with Crippen LogP contribution in [-0.4, -0.2) is 56.4 Å². The highest BCUT2D eigenvalue weighted by Crippen LogP contribution is 2.28. The number of nitrogens with zero attached hydrogens (tertiary/aromatic N) is 1. The topological polar surface area (TPSA) is 105 Å². The fourth-order valence-corrected chi connectivity index (χ4v) is 5.27. The first-order valence-electron chi connectivity index (χ1n) is 10.2. The number of nitrogens with one attached hydrogen (secondary N) is 2. The van der Waals surface area contributed by atoms with E-state index in [1.54, 1.807) is 12.1 Å². The molecule has 8 nitrogen and oxygen atoms in total. The normalized spacial score (nSPS) is 20.3. The average Bonchev–Trinajstić information content (AvgIpc) is 2.74. The summed E-state index contributed by atoms with van der Waals surface area (Å²) in [5.74, 6) is -0.495. The Morgan fingerprint density at radius 3 is 2.53 bits per heavy atom. The molecule has 1 aromatic carbocycles. The zero-order chi connectivity index (χ0) is 21.8. The number of anilines is 1. The summed E-state index contributed by atoms with van der Waals surface area (Å²) in [7, 11) is -3.70. The highest BCUT2D eigenvalue weighted by molar-refractivity contribution is 7.89. The van der Waals surface area contributed by atoms with Gasteiger partial charge in [0.15, 0.2) is 0 Å². The monoisotopic (exact) mass is 435 g/mol. The van der Waals surface area contributed by atoms with Gasteiger partial charge in [-0.2, -0.15) is 4.31 Å². The molecule has 164 valence electrons. The van der Waals surface area contributed by atoms with Gasteiger partial charge in [-0.1, -0.05) is 12.6 Å². The van der Waals surface area contributed by atoms with Crippen molar-refractivity contribution in [2.45, 2.75) is 43.0 Å².